The molecule has 17 heavy (non-hydrogen) atoms. The summed E-state index contributed by atoms with van der Waals surface area (Å²) in [6.07, 6.45) is 0. The maximum atomic E-state index is 11.8. The minimum Gasteiger partial charge on any atom is -0.312 e. The monoisotopic (exact) mass is 265 g/mol. The van der Waals surface area contributed by atoms with Gasteiger partial charge in [-0.1, -0.05) is 6.92 Å². The van der Waals surface area contributed by atoms with E-state index >= 15 is 0 Å². The van der Waals surface area contributed by atoms with Crippen LogP contribution in [0, 0.1) is 5.92 Å². The summed E-state index contributed by atoms with van der Waals surface area (Å²) in [5, 5.41) is 3.37. The molecule has 0 rings (SSSR count). The van der Waals surface area contributed by atoms with Gasteiger partial charge in [-0.15, -0.1) is 0 Å². The Hall–Kier alpha value is -0.170. The summed E-state index contributed by atoms with van der Waals surface area (Å²) in [6, 6.07) is 0. The molecular formula is C11H27N3O2S. The van der Waals surface area contributed by atoms with E-state index in [0.717, 1.165) is 6.54 Å². The lowest BCUT2D eigenvalue weighted by Crippen LogP contribution is -2.44. The molecule has 0 aromatic rings. The van der Waals surface area contributed by atoms with Crippen LogP contribution in [0.1, 0.15) is 27.7 Å². The first-order chi connectivity index (χ1) is 7.47. The van der Waals surface area contributed by atoms with Crippen LogP contribution in [0.5, 0.6) is 0 Å². The Morgan fingerprint density at radius 1 is 1.18 bits per heavy atom. The Morgan fingerprint density at radius 3 is 2.00 bits per heavy atom. The predicted octanol–water partition coefficient (Wildman–Crippen LogP) is 0.749. The molecule has 0 saturated carbocycles. The van der Waals surface area contributed by atoms with E-state index in [2.05, 4.69) is 26.1 Å². The van der Waals surface area contributed by atoms with Gasteiger partial charge >= 0.3 is 0 Å². The van der Waals surface area contributed by atoms with Crippen LogP contribution < -0.4 is 5.32 Å². The van der Waals surface area contributed by atoms with Crippen molar-refractivity contribution in [2.45, 2.75) is 33.2 Å². The number of hydrogen-bond donors (Lipinski definition) is 1. The minimum atomic E-state index is -3.29. The lowest BCUT2D eigenvalue weighted by atomic mass is 10.1. The molecule has 0 spiro atoms. The Balaban J connectivity index is 4.27. The Labute approximate surface area is 106 Å². The molecule has 0 amide bonds. The third-order valence-corrected chi connectivity index (χ3v) is 4.26. The van der Waals surface area contributed by atoms with E-state index in [1.807, 2.05) is 6.92 Å². The largest absolute Gasteiger partial charge is 0.312 e. The molecule has 0 saturated heterocycles. The zero-order valence-electron chi connectivity index (χ0n) is 12.1. The molecule has 5 nitrogen and oxygen atoms in total. The molecule has 0 aliphatic carbocycles. The van der Waals surface area contributed by atoms with E-state index in [1.54, 1.807) is 21.1 Å². The molecule has 1 unspecified atom stereocenters. The van der Waals surface area contributed by atoms with E-state index in [4.69, 9.17) is 0 Å². The average molecular weight is 265 g/mol. The summed E-state index contributed by atoms with van der Waals surface area (Å²) in [4.78, 5) is 0. The summed E-state index contributed by atoms with van der Waals surface area (Å²) in [5.41, 5.74) is 0.0628. The maximum Gasteiger partial charge on any atom is 0.281 e. The lowest BCUT2D eigenvalue weighted by Gasteiger charge is -2.27. The zero-order valence-corrected chi connectivity index (χ0v) is 12.9. The van der Waals surface area contributed by atoms with E-state index in [1.165, 1.54) is 8.61 Å². The molecule has 104 valence electrons. The first-order valence-electron chi connectivity index (χ1n) is 5.85. The third-order valence-electron chi connectivity index (χ3n) is 2.40. The summed E-state index contributed by atoms with van der Waals surface area (Å²) >= 11 is 0. The van der Waals surface area contributed by atoms with Crippen molar-refractivity contribution in [3.8, 4) is 0 Å². The number of rotatable bonds is 6. The molecule has 0 aromatic heterocycles. The summed E-state index contributed by atoms with van der Waals surface area (Å²) in [7, 11) is 1.42. The molecule has 0 aliphatic rings. The second-order valence-electron chi connectivity index (χ2n) is 5.81. The topological polar surface area (TPSA) is 52.7 Å². The van der Waals surface area contributed by atoms with Crippen LogP contribution in [0.2, 0.25) is 0 Å². The highest BCUT2D eigenvalue weighted by Gasteiger charge is 2.22. The van der Waals surface area contributed by atoms with Gasteiger partial charge < -0.3 is 5.32 Å². The molecular weight excluding hydrogens is 238 g/mol. The minimum absolute atomic E-state index is 0.0628. The Bertz CT molecular complexity index is 320. The first-order valence-corrected chi connectivity index (χ1v) is 7.25. The maximum absolute atomic E-state index is 11.8. The average Bonchev–Trinajstić information content (AvgIpc) is 2.13. The quantitative estimate of drug-likeness (QED) is 0.771. The van der Waals surface area contributed by atoms with E-state index in [-0.39, 0.29) is 11.5 Å². The zero-order chi connectivity index (χ0) is 13.9. The van der Waals surface area contributed by atoms with Gasteiger partial charge in [0.15, 0.2) is 0 Å². The fourth-order valence-electron chi connectivity index (χ4n) is 1.36. The predicted molar refractivity (Wildman–Crippen MR) is 72.2 cm³/mol. The van der Waals surface area contributed by atoms with Crippen molar-refractivity contribution in [1.29, 1.82) is 0 Å². The van der Waals surface area contributed by atoms with Crippen LogP contribution in [-0.2, 0) is 10.2 Å². The van der Waals surface area contributed by atoms with Crippen LogP contribution in [0.3, 0.4) is 0 Å². The highest BCUT2D eigenvalue weighted by molar-refractivity contribution is 7.86. The van der Waals surface area contributed by atoms with Crippen molar-refractivity contribution >= 4 is 10.2 Å². The van der Waals surface area contributed by atoms with Gasteiger partial charge in [0.1, 0.15) is 0 Å². The molecule has 0 bridgehead atoms. The standard InChI is InChI=1S/C11H27N3O2S/c1-10(8-12-11(2,3)4)9-14(7)17(15,16)13(5)6/h10,12H,8-9H2,1-7H3. The van der Waals surface area contributed by atoms with E-state index in [0.29, 0.717) is 6.54 Å². The smallest absolute Gasteiger partial charge is 0.281 e. The van der Waals surface area contributed by atoms with Gasteiger partial charge in [-0.3, -0.25) is 0 Å². The van der Waals surface area contributed by atoms with E-state index in [9.17, 15) is 8.42 Å². The molecule has 0 fully saturated rings. The molecule has 0 radical (unpaired) electrons. The summed E-state index contributed by atoms with van der Waals surface area (Å²) in [5.74, 6) is 0.272. The normalized spacial score (nSPS) is 15.6. The fourth-order valence-corrected chi connectivity index (χ4v) is 2.36. The molecule has 6 heteroatoms. The van der Waals surface area contributed by atoms with Crippen LogP contribution in [0.4, 0.5) is 0 Å². The second-order valence-corrected chi connectivity index (χ2v) is 8.06. The van der Waals surface area contributed by atoms with Gasteiger partial charge in [0, 0.05) is 33.2 Å². The van der Waals surface area contributed by atoms with Crippen molar-refractivity contribution < 1.29 is 8.42 Å². The summed E-state index contributed by atoms with van der Waals surface area (Å²) in [6.45, 7) is 9.65. The highest BCUT2D eigenvalue weighted by atomic mass is 32.2. The van der Waals surface area contributed by atoms with Gasteiger partial charge in [-0.05, 0) is 33.2 Å². The van der Waals surface area contributed by atoms with Crippen molar-refractivity contribution in [2.24, 2.45) is 5.92 Å². The van der Waals surface area contributed by atoms with Crippen LogP contribution in [0.15, 0.2) is 0 Å². The van der Waals surface area contributed by atoms with Gasteiger partial charge in [-0.25, -0.2) is 0 Å². The fraction of sp³-hybridized carbons (Fsp3) is 1.00. The van der Waals surface area contributed by atoms with Crippen molar-refractivity contribution in [1.82, 2.24) is 13.9 Å². The number of nitrogens with zero attached hydrogens (tertiary/aromatic N) is 2. The second kappa shape index (κ2) is 6.13. The molecule has 0 aromatic carbocycles. The van der Waals surface area contributed by atoms with Crippen molar-refractivity contribution in [3.63, 3.8) is 0 Å². The SMILES string of the molecule is CC(CNC(C)(C)C)CN(C)S(=O)(=O)N(C)C. The summed E-state index contributed by atoms with van der Waals surface area (Å²) < 4.78 is 26.2. The van der Waals surface area contributed by atoms with Crippen molar-refractivity contribution in [2.75, 3.05) is 34.2 Å². The third kappa shape index (κ3) is 6.35. The van der Waals surface area contributed by atoms with Crippen LogP contribution >= 0.6 is 0 Å². The molecule has 0 heterocycles. The first kappa shape index (κ1) is 16.8. The molecule has 0 aliphatic heterocycles. The van der Waals surface area contributed by atoms with Crippen LogP contribution in [0.25, 0.3) is 0 Å². The lowest BCUT2D eigenvalue weighted by molar-refractivity contribution is 0.331. The van der Waals surface area contributed by atoms with E-state index < -0.39 is 10.2 Å². The number of nitrogens with one attached hydrogen (secondary N) is 1. The molecule has 1 atom stereocenters. The van der Waals surface area contributed by atoms with Crippen molar-refractivity contribution in [3.05, 3.63) is 0 Å². The van der Waals surface area contributed by atoms with Gasteiger partial charge in [-0.2, -0.15) is 17.0 Å². The van der Waals surface area contributed by atoms with Gasteiger partial charge in [0.25, 0.3) is 10.2 Å². The Kier molecular flexibility index (Phi) is 6.07. The highest BCUT2D eigenvalue weighted by Crippen LogP contribution is 2.07. The molecule has 1 N–H and O–H groups in total. The van der Waals surface area contributed by atoms with Gasteiger partial charge in [0.2, 0.25) is 0 Å². The Morgan fingerprint density at radius 2 is 1.65 bits per heavy atom. The van der Waals surface area contributed by atoms with Crippen LogP contribution in [-0.4, -0.2) is 56.8 Å². The number of hydrogen-bond acceptors (Lipinski definition) is 3. The van der Waals surface area contributed by atoms with Gasteiger partial charge in [0.05, 0.1) is 0 Å².